The molecule has 0 unspecified atom stereocenters. The van der Waals surface area contributed by atoms with Crippen LogP contribution in [0.1, 0.15) is 39.2 Å². The normalized spacial score (nSPS) is 14.5. The number of aliphatic carboxylic acids is 1. The number of benzene rings is 1. The Bertz CT molecular complexity index is 1110. The molecule has 36 heavy (non-hydrogen) atoms. The second-order valence-electron chi connectivity index (χ2n) is 9.04. The number of nitrogens with two attached hydrogens (primary N) is 2. The number of amides is 4. The zero-order valence-corrected chi connectivity index (χ0v) is 20.5. The molecule has 1 aromatic heterocycles. The summed E-state index contributed by atoms with van der Waals surface area (Å²) in [6.45, 7) is 4.71. The summed E-state index contributed by atoms with van der Waals surface area (Å²) >= 11 is 0. The minimum Gasteiger partial charge on any atom is -0.480 e. The molecule has 2 rings (SSSR count). The number of fused-ring (bicyclic) bond motifs is 1. The quantitative estimate of drug-likeness (QED) is 0.191. The molecule has 0 aliphatic carbocycles. The van der Waals surface area contributed by atoms with Crippen LogP contribution in [0, 0.1) is 5.92 Å². The number of primary amides is 1. The van der Waals surface area contributed by atoms with Crippen LogP contribution in [-0.4, -0.2) is 63.9 Å². The predicted molar refractivity (Wildman–Crippen MR) is 132 cm³/mol. The molecule has 0 aliphatic rings. The van der Waals surface area contributed by atoms with E-state index in [1.165, 1.54) is 6.92 Å². The summed E-state index contributed by atoms with van der Waals surface area (Å²) in [5.74, 6) is -4.16. The summed E-state index contributed by atoms with van der Waals surface area (Å²) in [4.78, 5) is 63.9. The van der Waals surface area contributed by atoms with Crippen LogP contribution in [-0.2, 0) is 30.4 Å². The number of hydrogen-bond acceptors (Lipinski definition) is 6. The van der Waals surface area contributed by atoms with Crippen molar-refractivity contribution in [2.24, 2.45) is 17.4 Å². The number of hydrogen-bond donors (Lipinski definition) is 7. The van der Waals surface area contributed by atoms with E-state index in [1.54, 1.807) is 20.0 Å². The average Bonchev–Trinajstić information content (AvgIpc) is 3.22. The van der Waals surface area contributed by atoms with E-state index >= 15 is 0 Å². The largest absolute Gasteiger partial charge is 0.480 e. The number of nitrogens with one attached hydrogen (secondary N) is 4. The van der Waals surface area contributed by atoms with Crippen molar-refractivity contribution in [3.05, 3.63) is 36.0 Å². The van der Waals surface area contributed by atoms with Crippen molar-refractivity contribution in [1.29, 1.82) is 0 Å². The van der Waals surface area contributed by atoms with Gasteiger partial charge in [-0.15, -0.1) is 0 Å². The summed E-state index contributed by atoms with van der Waals surface area (Å²) in [6.07, 6.45) is 1.72. The summed E-state index contributed by atoms with van der Waals surface area (Å²) < 4.78 is 0. The molecule has 12 heteroatoms. The number of para-hydroxylation sites is 1. The fourth-order valence-electron chi connectivity index (χ4n) is 3.61. The number of rotatable bonds is 13. The zero-order chi connectivity index (χ0) is 27.0. The second kappa shape index (κ2) is 12.7. The maximum Gasteiger partial charge on any atom is 0.326 e. The van der Waals surface area contributed by atoms with Crippen molar-refractivity contribution >= 4 is 40.5 Å². The molecule has 0 fully saturated rings. The van der Waals surface area contributed by atoms with Gasteiger partial charge in [0, 0.05) is 29.9 Å². The fourth-order valence-corrected chi connectivity index (χ4v) is 3.61. The summed E-state index contributed by atoms with van der Waals surface area (Å²) in [5.41, 5.74) is 12.6. The van der Waals surface area contributed by atoms with Crippen LogP contribution in [0.2, 0.25) is 0 Å². The van der Waals surface area contributed by atoms with Crippen molar-refractivity contribution in [1.82, 2.24) is 20.9 Å². The molecule has 0 spiro atoms. The number of aromatic nitrogens is 1. The number of carbonyl (C=O) groups excluding carboxylic acids is 4. The van der Waals surface area contributed by atoms with E-state index in [0.29, 0.717) is 0 Å². The molecule has 0 saturated heterocycles. The van der Waals surface area contributed by atoms with E-state index < -0.39 is 53.8 Å². The lowest BCUT2D eigenvalue weighted by Gasteiger charge is -2.24. The van der Waals surface area contributed by atoms with Gasteiger partial charge < -0.3 is 37.5 Å². The Hall–Kier alpha value is -3.93. The summed E-state index contributed by atoms with van der Waals surface area (Å²) in [5, 5.41) is 17.7. The molecule has 9 N–H and O–H groups in total. The SMILES string of the molecule is CC(C)[C@H](NC(=O)[C@H](C)NC(=O)[C@H](Cc1c[nH]c2ccccc12)NC(=O)[C@@H](N)CCC(N)=O)C(=O)O. The number of H-pyrrole nitrogens is 1. The molecule has 12 nitrogen and oxygen atoms in total. The summed E-state index contributed by atoms with van der Waals surface area (Å²) in [6, 6.07) is 3.05. The third kappa shape index (κ3) is 7.80. The number of aromatic amines is 1. The number of carbonyl (C=O) groups is 5. The molecule has 0 aliphatic heterocycles. The minimum atomic E-state index is -1.19. The van der Waals surface area contributed by atoms with Crippen molar-refractivity contribution in [2.45, 2.75) is 64.2 Å². The first-order valence-corrected chi connectivity index (χ1v) is 11.6. The van der Waals surface area contributed by atoms with Gasteiger partial charge in [0.2, 0.25) is 23.6 Å². The van der Waals surface area contributed by atoms with Crippen molar-refractivity contribution in [3.8, 4) is 0 Å². The van der Waals surface area contributed by atoms with E-state index in [4.69, 9.17) is 11.5 Å². The van der Waals surface area contributed by atoms with E-state index in [9.17, 15) is 29.1 Å². The molecule has 0 saturated carbocycles. The highest BCUT2D eigenvalue weighted by Gasteiger charge is 2.30. The third-order valence-electron chi connectivity index (χ3n) is 5.75. The van der Waals surface area contributed by atoms with Crippen LogP contribution < -0.4 is 27.4 Å². The van der Waals surface area contributed by atoms with E-state index in [-0.39, 0.29) is 25.2 Å². The van der Waals surface area contributed by atoms with Gasteiger partial charge in [0.05, 0.1) is 6.04 Å². The third-order valence-corrected chi connectivity index (χ3v) is 5.75. The van der Waals surface area contributed by atoms with Gasteiger partial charge in [0.25, 0.3) is 0 Å². The van der Waals surface area contributed by atoms with E-state index in [1.807, 2.05) is 24.3 Å². The Balaban J connectivity index is 2.18. The van der Waals surface area contributed by atoms with Crippen LogP contribution in [0.25, 0.3) is 10.9 Å². The Labute approximate surface area is 208 Å². The van der Waals surface area contributed by atoms with Gasteiger partial charge in [-0.2, -0.15) is 0 Å². The van der Waals surface area contributed by atoms with Gasteiger partial charge in [-0.1, -0.05) is 32.0 Å². The molecule has 4 atom stereocenters. The standard InChI is InChI=1S/C24H34N6O6/c1-12(2)20(24(35)36)30-21(32)13(3)28-23(34)18(29-22(33)16(25)8-9-19(26)31)10-14-11-27-17-7-5-4-6-15(14)17/h4-7,11-13,16,18,20,27H,8-10,25H2,1-3H3,(H2,26,31)(H,28,34)(H,29,33)(H,30,32)(H,35,36)/t13-,16-,18-,20-/m0/s1. The monoisotopic (exact) mass is 502 g/mol. The smallest absolute Gasteiger partial charge is 0.326 e. The lowest BCUT2D eigenvalue weighted by Crippen LogP contribution is -2.57. The Morgan fingerprint density at radius 2 is 1.64 bits per heavy atom. The topological polar surface area (TPSA) is 210 Å². The highest BCUT2D eigenvalue weighted by Crippen LogP contribution is 2.19. The van der Waals surface area contributed by atoms with Crippen molar-refractivity contribution in [2.75, 3.05) is 0 Å². The highest BCUT2D eigenvalue weighted by atomic mass is 16.4. The van der Waals surface area contributed by atoms with Crippen LogP contribution >= 0.6 is 0 Å². The average molecular weight is 503 g/mol. The zero-order valence-electron chi connectivity index (χ0n) is 20.5. The molecule has 196 valence electrons. The maximum absolute atomic E-state index is 13.2. The number of carboxylic acids is 1. The van der Waals surface area contributed by atoms with Gasteiger partial charge >= 0.3 is 5.97 Å². The van der Waals surface area contributed by atoms with Gasteiger partial charge in [0.1, 0.15) is 18.1 Å². The molecule has 0 radical (unpaired) electrons. The first-order valence-electron chi connectivity index (χ1n) is 11.6. The van der Waals surface area contributed by atoms with Gasteiger partial charge in [0.15, 0.2) is 0 Å². The first kappa shape index (κ1) is 28.3. The predicted octanol–water partition coefficient (Wildman–Crippen LogP) is -0.482. The molecular formula is C24H34N6O6. The lowest BCUT2D eigenvalue weighted by atomic mass is 10.0. The minimum absolute atomic E-state index is 0.00712. The highest BCUT2D eigenvalue weighted by molar-refractivity contribution is 5.94. The molecule has 1 heterocycles. The number of carboxylic acid groups (broad SMARTS) is 1. The van der Waals surface area contributed by atoms with Crippen LogP contribution in [0.4, 0.5) is 0 Å². The Kier molecular flexibility index (Phi) is 9.97. The van der Waals surface area contributed by atoms with E-state index in [0.717, 1.165) is 16.5 Å². The summed E-state index contributed by atoms with van der Waals surface area (Å²) in [7, 11) is 0. The Morgan fingerprint density at radius 1 is 0.972 bits per heavy atom. The van der Waals surface area contributed by atoms with Gasteiger partial charge in [-0.25, -0.2) is 4.79 Å². The van der Waals surface area contributed by atoms with Crippen LogP contribution in [0.5, 0.6) is 0 Å². The van der Waals surface area contributed by atoms with Crippen molar-refractivity contribution < 1.29 is 29.1 Å². The Morgan fingerprint density at radius 3 is 2.25 bits per heavy atom. The molecule has 2 aromatic rings. The van der Waals surface area contributed by atoms with Gasteiger partial charge in [-0.05, 0) is 30.9 Å². The van der Waals surface area contributed by atoms with E-state index in [2.05, 4.69) is 20.9 Å². The lowest BCUT2D eigenvalue weighted by molar-refractivity contribution is -0.143. The van der Waals surface area contributed by atoms with Crippen molar-refractivity contribution in [3.63, 3.8) is 0 Å². The molecule has 1 aromatic carbocycles. The molecular weight excluding hydrogens is 468 g/mol. The fraction of sp³-hybridized carbons (Fsp3) is 0.458. The van der Waals surface area contributed by atoms with Gasteiger partial charge in [-0.3, -0.25) is 19.2 Å². The molecule has 0 bridgehead atoms. The van der Waals surface area contributed by atoms with Crippen LogP contribution in [0.3, 0.4) is 0 Å². The maximum atomic E-state index is 13.2. The van der Waals surface area contributed by atoms with Crippen LogP contribution in [0.15, 0.2) is 30.5 Å². The molecule has 4 amide bonds. The first-order chi connectivity index (χ1) is 16.9. The second-order valence-corrected chi connectivity index (χ2v) is 9.04.